The van der Waals surface area contributed by atoms with Crippen molar-refractivity contribution in [3.8, 4) is 5.75 Å². The summed E-state index contributed by atoms with van der Waals surface area (Å²) in [6.45, 7) is 2.76. The molecule has 1 atom stereocenters. The molecule has 0 radical (unpaired) electrons. The van der Waals surface area contributed by atoms with Crippen LogP contribution < -0.4 is 15.4 Å². The Balaban J connectivity index is 0.00000784. The van der Waals surface area contributed by atoms with Gasteiger partial charge in [-0.2, -0.15) is 13.2 Å². The predicted octanol–water partition coefficient (Wildman–Crippen LogP) is 3.18. The number of guanidine groups is 1. The summed E-state index contributed by atoms with van der Waals surface area (Å²) in [5.74, 6) is -0.494. The van der Waals surface area contributed by atoms with Crippen LogP contribution in [-0.4, -0.2) is 62.3 Å². The van der Waals surface area contributed by atoms with Gasteiger partial charge in [-0.25, -0.2) is 9.38 Å². The van der Waals surface area contributed by atoms with Gasteiger partial charge in [0.1, 0.15) is 30.8 Å². The van der Waals surface area contributed by atoms with E-state index in [4.69, 9.17) is 4.74 Å². The molecule has 0 aliphatic carbocycles. The fourth-order valence-corrected chi connectivity index (χ4v) is 2.18. The first kappa shape index (κ1) is 27.2. The summed E-state index contributed by atoms with van der Waals surface area (Å²) < 4.78 is 56.0. The largest absolute Gasteiger partial charge is 0.489 e. The first-order valence-electron chi connectivity index (χ1n) is 8.89. The van der Waals surface area contributed by atoms with Crippen molar-refractivity contribution in [2.45, 2.75) is 32.5 Å². The molecule has 0 saturated carbocycles. The van der Waals surface area contributed by atoms with Crippen LogP contribution in [0.3, 0.4) is 0 Å². The van der Waals surface area contributed by atoms with Crippen LogP contribution in [0, 0.1) is 5.82 Å². The highest BCUT2D eigenvalue weighted by molar-refractivity contribution is 14.0. The lowest BCUT2D eigenvalue weighted by Crippen LogP contribution is -2.43. The SMILES string of the molecule is CCNC(=NCC(=O)N(C)CC(F)(F)F)NCC(CC)Oc1cccc(F)c1.I. The second kappa shape index (κ2) is 13.4. The molecule has 0 saturated heterocycles. The maximum absolute atomic E-state index is 13.2. The van der Waals surface area contributed by atoms with Crippen molar-refractivity contribution in [2.24, 2.45) is 4.99 Å². The van der Waals surface area contributed by atoms with Gasteiger partial charge in [0, 0.05) is 19.7 Å². The summed E-state index contributed by atoms with van der Waals surface area (Å²) >= 11 is 0. The Hall–Kier alpha value is -1.79. The third-order valence-corrected chi connectivity index (χ3v) is 3.61. The summed E-state index contributed by atoms with van der Waals surface area (Å²) in [5.41, 5.74) is 0. The zero-order valence-electron chi connectivity index (χ0n) is 16.6. The first-order chi connectivity index (χ1) is 13.1. The topological polar surface area (TPSA) is 66.0 Å². The summed E-state index contributed by atoms with van der Waals surface area (Å²) in [6.07, 6.45) is -4.13. The Bertz CT molecular complexity index is 659. The van der Waals surface area contributed by atoms with E-state index >= 15 is 0 Å². The van der Waals surface area contributed by atoms with Gasteiger partial charge >= 0.3 is 6.18 Å². The number of rotatable bonds is 9. The van der Waals surface area contributed by atoms with Crippen LogP contribution in [0.5, 0.6) is 5.75 Å². The monoisotopic (exact) mass is 534 g/mol. The molecule has 1 amide bonds. The molecule has 0 spiro atoms. The Morgan fingerprint density at radius 1 is 1.28 bits per heavy atom. The van der Waals surface area contributed by atoms with E-state index in [0.29, 0.717) is 30.2 Å². The molecule has 1 aromatic rings. The van der Waals surface area contributed by atoms with Crippen LogP contribution in [0.4, 0.5) is 17.6 Å². The van der Waals surface area contributed by atoms with E-state index in [2.05, 4.69) is 15.6 Å². The standard InChI is InChI=1S/C18H26F4N4O2.HI/c1-4-14(28-15-8-6-7-13(19)9-15)10-24-17(23-5-2)25-11-16(27)26(3)12-18(20,21)22;/h6-9,14H,4-5,10-12H2,1-3H3,(H2,23,24,25);1H. The lowest BCUT2D eigenvalue weighted by Gasteiger charge is -2.20. The van der Waals surface area contributed by atoms with Crippen LogP contribution >= 0.6 is 24.0 Å². The number of hydrogen-bond acceptors (Lipinski definition) is 3. The van der Waals surface area contributed by atoms with Gasteiger partial charge in [0.15, 0.2) is 5.96 Å². The van der Waals surface area contributed by atoms with Crippen molar-refractivity contribution in [1.82, 2.24) is 15.5 Å². The highest BCUT2D eigenvalue weighted by atomic mass is 127. The zero-order chi connectivity index (χ0) is 21.2. The average molecular weight is 534 g/mol. The van der Waals surface area contributed by atoms with Crippen molar-refractivity contribution < 1.29 is 27.1 Å². The van der Waals surface area contributed by atoms with E-state index < -0.39 is 31.0 Å². The summed E-state index contributed by atoms with van der Waals surface area (Å²) in [4.78, 5) is 16.4. The highest BCUT2D eigenvalue weighted by Gasteiger charge is 2.31. The fourth-order valence-electron chi connectivity index (χ4n) is 2.18. The number of benzene rings is 1. The van der Waals surface area contributed by atoms with Gasteiger partial charge in [0.25, 0.3) is 0 Å². The van der Waals surface area contributed by atoms with Crippen LogP contribution in [0.25, 0.3) is 0 Å². The number of amides is 1. The number of ether oxygens (including phenoxy) is 1. The number of aliphatic imine (C=N–C) groups is 1. The molecule has 1 aromatic carbocycles. The molecule has 0 aliphatic rings. The average Bonchev–Trinajstić information content (AvgIpc) is 2.61. The van der Waals surface area contributed by atoms with Gasteiger partial charge in [-0.1, -0.05) is 13.0 Å². The Morgan fingerprint density at radius 3 is 2.52 bits per heavy atom. The molecule has 29 heavy (non-hydrogen) atoms. The summed E-state index contributed by atoms with van der Waals surface area (Å²) in [5, 5.41) is 5.88. The maximum atomic E-state index is 13.2. The van der Waals surface area contributed by atoms with Gasteiger partial charge in [0.2, 0.25) is 5.91 Å². The van der Waals surface area contributed by atoms with Crippen molar-refractivity contribution in [3.05, 3.63) is 30.1 Å². The second-order valence-corrected chi connectivity index (χ2v) is 6.05. The van der Waals surface area contributed by atoms with E-state index in [9.17, 15) is 22.4 Å². The number of carbonyl (C=O) groups is 1. The molecule has 0 heterocycles. The number of nitrogens with zero attached hydrogens (tertiary/aromatic N) is 2. The van der Waals surface area contributed by atoms with E-state index in [1.165, 1.54) is 12.1 Å². The van der Waals surface area contributed by atoms with E-state index in [0.717, 1.165) is 7.05 Å². The maximum Gasteiger partial charge on any atom is 0.406 e. The minimum Gasteiger partial charge on any atom is -0.489 e. The van der Waals surface area contributed by atoms with Crippen LogP contribution in [0.1, 0.15) is 20.3 Å². The smallest absolute Gasteiger partial charge is 0.406 e. The van der Waals surface area contributed by atoms with Gasteiger partial charge in [0.05, 0.1) is 6.54 Å². The van der Waals surface area contributed by atoms with Crippen LogP contribution in [-0.2, 0) is 4.79 Å². The molecule has 11 heteroatoms. The molecule has 0 bridgehead atoms. The molecule has 0 aliphatic heterocycles. The predicted molar refractivity (Wildman–Crippen MR) is 114 cm³/mol. The minimum atomic E-state index is -4.46. The summed E-state index contributed by atoms with van der Waals surface area (Å²) in [6, 6.07) is 5.77. The Morgan fingerprint density at radius 2 is 1.97 bits per heavy atom. The van der Waals surface area contributed by atoms with E-state index in [1.807, 2.05) is 13.8 Å². The van der Waals surface area contributed by atoms with Crippen molar-refractivity contribution in [3.63, 3.8) is 0 Å². The number of likely N-dealkylation sites (N-methyl/N-ethyl adjacent to an activating group) is 1. The van der Waals surface area contributed by atoms with Crippen molar-refractivity contribution >= 4 is 35.8 Å². The number of carbonyl (C=O) groups excluding carboxylic acids is 1. The second-order valence-electron chi connectivity index (χ2n) is 6.05. The van der Waals surface area contributed by atoms with Crippen LogP contribution in [0.2, 0.25) is 0 Å². The quantitative estimate of drug-likeness (QED) is 0.221. The lowest BCUT2D eigenvalue weighted by molar-refractivity contribution is -0.157. The molecule has 166 valence electrons. The van der Waals surface area contributed by atoms with Gasteiger partial charge in [-0.3, -0.25) is 4.79 Å². The van der Waals surface area contributed by atoms with Crippen LogP contribution in [0.15, 0.2) is 29.3 Å². The molecule has 0 fully saturated rings. The Kier molecular flexibility index (Phi) is 12.6. The third kappa shape index (κ3) is 11.7. The van der Waals surface area contributed by atoms with Crippen molar-refractivity contribution in [2.75, 3.05) is 33.2 Å². The number of hydrogen-bond donors (Lipinski definition) is 2. The first-order valence-corrected chi connectivity index (χ1v) is 8.89. The molecular weight excluding hydrogens is 507 g/mol. The molecule has 6 nitrogen and oxygen atoms in total. The lowest BCUT2D eigenvalue weighted by atomic mass is 10.2. The van der Waals surface area contributed by atoms with Crippen molar-refractivity contribution in [1.29, 1.82) is 0 Å². The van der Waals surface area contributed by atoms with Gasteiger partial charge < -0.3 is 20.3 Å². The third-order valence-electron chi connectivity index (χ3n) is 3.61. The fraction of sp³-hybridized carbons (Fsp3) is 0.556. The number of nitrogens with one attached hydrogen (secondary N) is 2. The number of alkyl halides is 3. The van der Waals surface area contributed by atoms with Gasteiger partial charge in [-0.15, -0.1) is 24.0 Å². The summed E-state index contributed by atoms with van der Waals surface area (Å²) in [7, 11) is 1.08. The zero-order valence-corrected chi connectivity index (χ0v) is 18.9. The van der Waals surface area contributed by atoms with E-state index in [1.54, 1.807) is 12.1 Å². The molecule has 1 rings (SSSR count). The molecule has 2 N–H and O–H groups in total. The molecule has 0 aromatic heterocycles. The Labute approximate surface area is 185 Å². The van der Waals surface area contributed by atoms with E-state index in [-0.39, 0.29) is 36.0 Å². The van der Waals surface area contributed by atoms with Gasteiger partial charge in [-0.05, 0) is 25.5 Å². The minimum absolute atomic E-state index is 0. The number of halogens is 5. The highest BCUT2D eigenvalue weighted by Crippen LogP contribution is 2.16. The molecule has 1 unspecified atom stereocenters. The normalized spacial score (nSPS) is 12.6. The molecular formula is C18H27F4IN4O2.